The lowest BCUT2D eigenvalue weighted by molar-refractivity contribution is -0.115. The number of carbonyl (C=O) groups is 2. The first-order chi connectivity index (χ1) is 7.15. The van der Waals surface area contributed by atoms with Crippen molar-refractivity contribution >= 4 is 51.6 Å². The minimum absolute atomic E-state index is 0.309. The molecular formula is C10H6INO2S. The zero-order valence-corrected chi connectivity index (χ0v) is 10.5. The number of carbonyl (C=O) groups excluding carboxylic acids is 2. The van der Waals surface area contributed by atoms with Gasteiger partial charge in [-0.1, -0.05) is 12.1 Å². The summed E-state index contributed by atoms with van der Waals surface area (Å²) >= 11 is 3.14. The van der Waals surface area contributed by atoms with E-state index in [0.29, 0.717) is 4.91 Å². The van der Waals surface area contributed by atoms with Crippen LogP contribution in [0.25, 0.3) is 6.08 Å². The van der Waals surface area contributed by atoms with Crippen molar-refractivity contribution in [2.45, 2.75) is 0 Å². The van der Waals surface area contributed by atoms with Crippen LogP contribution in [0, 0.1) is 3.57 Å². The Labute approximate surface area is 104 Å². The molecule has 0 unspecified atom stereocenters. The van der Waals surface area contributed by atoms with Gasteiger partial charge in [0.2, 0.25) is 0 Å². The summed E-state index contributed by atoms with van der Waals surface area (Å²) in [5.41, 5.74) is 0.919. The molecule has 1 fully saturated rings. The summed E-state index contributed by atoms with van der Waals surface area (Å²) in [4.78, 5) is 22.6. The summed E-state index contributed by atoms with van der Waals surface area (Å²) in [6.07, 6.45) is 1.71. The molecule has 1 saturated heterocycles. The van der Waals surface area contributed by atoms with Gasteiger partial charge in [-0.15, -0.1) is 0 Å². The summed E-state index contributed by atoms with van der Waals surface area (Å²) < 4.78 is 1.13. The molecule has 1 aliphatic heterocycles. The number of halogens is 1. The molecule has 1 N–H and O–H groups in total. The van der Waals surface area contributed by atoms with E-state index in [1.807, 2.05) is 24.3 Å². The maximum atomic E-state index is 11.2. The van der Waals surface area contributed by atoms with Gasteiger partial charge in [-0.3, -0.25) is 14.9 Å². The quantitative estimate of drug-likeness (QED) is 0.636. The van der Waals surface area contributed by atoms with E-state index in [9.17, 15) is 9.59 Å². The highest BCUT2D eigenvalue weighted by Crippen LogP contribution is 2.25. The lowest BCUT2D eigenvalue weighted by atomic mass is 10.2. The number of benzene rings is 1. The molecule has 0 atom stereocenters. The minimum Gasteiger partial charge on any atom is -0.282 e. The maximum absolute atomic E-state index is 11.2. The van der Waals surface area contributed by atoms with E-state index in [2.05, 4.69) is 27.9 Å². The first kappa shape index (κ1) is 10.7. The highest BCUT2D eigenvalue weighted by Gasteiger charge is 2.24. The fourth-order valence-corrected chi connectivity index (χ4v) is 2.17. The zero-order valence-electron chi connectivity index (χ0n) is 7.49. The topological polar surface area (TPSA) is 46.2 Å². The van der Waals surface area contributed by atoms with Crippen molar-refractivity contribution in [3.05, 3.63) is 38.3 Å². The van der Waals surface area contributed by atoms with E-state index in [1.165, 1.54) is 0 Å². The Hall–Kier alpha value is -0.820. The van der Waals surface area contributed by atoms with Gasteiger partial charge >= 0.3 is 0 Å². The normalized spacial score (nSPS) is 18.3. The van der Waals surface area contributed by atoms with Crippen LogP contribution in [0.15, 0.2) is 29.2 Å². The van der Waals surface area contributed by atoms with E-state index < -0.39 is 0 Å². The van der Waals surface area contributed by atoms with Crippen LogP contribution in [0.3, 0.4) is 0 Å². The molecule has 0 aliphatic carbocycles. The molecule has 0 spiro atoms. The number of rotatable bonds is 1. The number of imide groups is 1. The van der Waals surface area contributed by atoms with Gasteiger partial charge in [0.25, 0.3) is 11.1 Å². The Bertz CT molecular complexity index is 453. The van der Waals surface area contributed by atoms with Crippen molar-refractivity contribution in [3.63, 3.8) is 0 Å². The van der Waals surface area contributed by atoms with Crippen LogP contribution in [-0.2, 0) is 4.79 Å². The molecule has 0 bridgehead atoms. The molecule has 76 valence electrons. The van der Waals surface area contributed by atoms with Crippen molar-refractivity contribution in [3.8, 4) is 0 Å². The van der Waals surface area contributed by atoms with Crippen LogP contribution < -0.4 is 5.32 Å². The molecule has 2 amide bonds. The fraction of sp³-hybridized carbons (Fsp3) is 0. The van der Waals surface area contributed by atoms with Crippen LogP contribution in [0.4, 0.5) is 4.79 Å². The Morgan fingerprint density at radius 3 is 2.40 bits per heavy atom. The molecule has 3 nitrogen and oxygen atoms in total. The van der Waals surface area contributed by atoms with E-state index in [1.54, 1.807) is 6.08 Å². The van der Waals surface area contributed by atoms with Gasteiger partial charge in [0.15, 0.2) is 0 Å². The van der Waals surface area contributed by atoms with Gasteiger partial charge in [0.1, 0.15) is 0 Å². The third-order valence-corrected chi connectivity index (χ3v) is 3.34. The van der Waals surface area contributed by atoms with Crippen LogP contribution in [0.1, 0.15) is 5.56 Å². The second-order valence-electron chi connectivity index (χ2n) is 2.90. The van der Waals surface area contributed by atoms with Gasteiger partial charge in [-0.2, -0.15) is 0 Å². The third-order valence-electron chi connectivity index (χ3n) is 1.81. The average Bonchev–Trinajstić information content (AvgIpc) is 2.49. The Morgan fingerprint density at radius 2 is 1.87 bits per heavy atom. The van der Waals surface area contributed by atoms with Crippen molar-refractivity contribution in [1.29, 1.82) is 0 Å². The summed E-state index contributed by atoms with van der Waals surface area (Å²) in [6.45, 7) is 0. The number of hydrogen-bond acceptors (Lipinski definition) is 3. The van der Waals surface area contributed by atoms with Crippen molar-refractivity contribution in [2.24, 2.45) is 0 Å². The molecule has 1 aliphatic rings. The van der Waals surface area contributed by atoms with Gasteiger partial charge in [0.05, 0.1) is 4.91 Å². The van der Waals surface area contributed by atoms with Gasteiger partial charge in [-0.25, -0.2) is 0 Å². The zero-order chi connectivity index (χ0) is 10.8. The monoisotopic (exact) mass is 331 g/mol. The van der Waals surface area contributed by atoms with Crippen LogP contribution in [0.5, 0.6) is 0 Å². The van der Waals surface area contributed by atoms with Crippen molar-refractivity contribution < 1.29 is 9.59 Å². The molecule has 1 heterocycles. The largest absolute Gasteiger partial charge is 0.290 e. The van der Waals surface area contributed by atoms with Crippen LogP contribution >= 0.6 is 34.4 Å². The highest BCUT2D eigenvalue weighted by molar-refractivity contribution is 14.1. The van der Waals surface area contributed by atoms with Crippen LogP contribution in [0.2, 0.25) is 0 Å². The Kier molecular flexibility index (Phi) is 3.11. The maximum Gasteiger partial charge on any atom is 0.290 e. The van der Waals surface area contributed by atoms with Gasteiger partial charge in [-0.05, 0) is 58.1 Å². The Balaban J connectivity index is 2.27. The molecule has 1 aromatic carbocycles. The number of thioether (sulfide) groups is 1. The van der Waals surface area contributed by atoms with E-state index in [0.717, 1.165) is 20.9 Å². The second-order valence-corrected chi connectivity index (χ2v) is 5.16. The summed E-state index contributed by atoms with van der Waals surface area (Å²) in [5, 5.41) is 1.91. The fourth-order valence-electron chi connectivity index (χ4n) is 1.13. The molecule has 0 saturated carbocycles. The molecule has 2 rings (SSSR count). The van der Waals surface area contributed by atoms with E-state index in [-0.39, 0.29) is 11.1 Å². The highest BCUT2D eigenvalue weighted by atomic mass is 127. The molecule has 0 radical (unpaired) electrons. The number of amides is 2. The van der Waals surface area contributed by atoms with Crippen molar-refractivity contribution in [1.82, 2.24) is 5.32 Å². The minimum atomic E-state index is -0.316. The number of nitrogens with one attached hydrogen (secondary N) is 1. The SMILES string of the molecule is O=C1NC(=O)/C(=C/c2ccc(I)cc2)S1. The van der Waals surface area contributed by atoms with E-state index in [4.69, 9.17) is 0 Å². The lowest BCUT2D eigenvalue weighted by Gasteiger charge is -1.94. The smallest absolute Gasteiger partial charge is 0.282 e. The first-order valence-electron chi connectivity index (χ1n) is 4.15. The predicted molar refractivity (Wildman–Crippen MR) is 68.3 cm³/mol. The van der Waals surface area contributed by atoms with Crippen molar-refractivity contribution in [2.75, 3.05) is 0 Å². The Morgan fingerprint density at radius 1 is 1.20 bits per heavy atom. The molecule has 1 aromatic rings. The second kappa shape index (κ2) is 4.36. The van der Waals surface area contributed by atoms with E-state index >= 15 is 0 Å². The molecule has 0 aromatic heterocycles. The van der Waals surface area contributed by atoms with Gasteiger partial charge < -0.3 is 0 Å². The summed E-state index contributed by atoms with van der Waals surface area (Å²) in [6, 6.07) is 7.72. The standard InChI is InChI=1S/C10H6INO2S/c11-7-3-1-6(2-4-7)5-8-9(13)12-10(14)15-8/h1-5H,(H,12,13,14)/b8-5-. The summed E-state index contributed by atoms with van der Waals surface area (Å²) in [5.74, 6) is -0.316. The molecule has 15 heavy (non-hydrogen) atoms. The molecule has 5 heteroatoms. The van der Waals surface area contributed by atoms with Crippen LogP contribution in [-0.4, -0.2) is 11.1 Å². The third kappa shape index (κ3) is 2.60. The predicted octanol–water partition coefficient (Wildman–Crippen LogP) is 2.62. The lowest BCUT2D eigenvalue weighted by Crippen LogP contribution is -2.17. The first-order valence-corrected chi connectivity index (χ1v) is 6.05. The average molecular weight is 331 g/mol. The summed E-state index contributed by atoms with van der Waals surface area (Å²) in [7, 11) is 0. The number of hydrogen-bond donors (Lipinski definition) is 1. The van der Waals surface area contributed by atoms with Gasteiger partial charge in [0, 0.05) is 3.57 Å². The molecular weight excluding hydrogens is 325 g/mol.